The number of rotatable bonds is 6. The van der Waals surface area contributed by atoms with Crippen molar-refractivity contribution in [2.45, 2.75) is 32.9 Å². The van der Waals surface area contributed by atoms with Crippen molar-refractivity contribution < 1.29 is 9.53 Å². The van der Waals surface area contributed by atoms with Crippen molar-refractivity contribution in [1.29, 1.82) is 0 Å². The number of carbonyl (C=O) groups excluding carboxylic acids is 1. The molecule has 5 heteroatoms. The van der Waals surface area contributed by atoms with Gasteiger partial charge in [-0.15, -0.1) is 0 Å². The van der Waals surface area contributed by atoms with E-state index < -0.39 is 6.04 Å². The Morgan fingerprint density at radius 3 is 2.94 bits per heavy atom. The fourth-order valence-electron chi connectivity index (χ4n) is 1.60. The first-order chi connectivity index (χ1) is 7.58. The van der Waals surface area contributed by atoms with Crippen LogP contribution in [0.4, 0.5) is 0 Å². The molecule has 0 radical (unpaired) electrons. The van der Waals surface area contributed by atoms with Crippen molar-refractivity contribution in [3.8, 4) is 0 Å². The zero-order chi connectivity index (χ0) is 12.1. The smallest absolute Gasteiger partial charge is 0.157 e. The second-order valence-corrected chi connectivity index (χ2v) is 3.80. The van der Waals surface area contributed by atoms with Crippen molar-refractivity contribution in [2.75, 3.05) is 13.7 Å². The minimum atomic E-state index is -0.550. The van der Waals surface area contributed by atoms with Crippen LogP contribution >= 0.6 is 0 Å². The molecule has 1 rings (SSSR count). The Hall–Kier alpha value is -1.20. The maximum atomic E-state index is 11.7. The first-order valence-electron chi connectivity index (χ1n) is 5.39. The van der Waals surface area contributed by atoms with E-state index in [1.54, 1.807) is 0 Å². The molecule has 5 nitrogen and oxygen atoms in total. The van der Waals surface area contributed by atoms with Gasteiger partial charge in [0.1, 0.15) is 0 Å². The highest BCUT2D eigenvalue weighted by Crippen LogP contribution is 2.06. The molecule has 1 aromatic heterocycles. The van der Waals surface area contributed by atoms with Crippen LogP contribution in [0.1, 0.15) is 18.3 Å². The van der Waals surface area contributed by atoms with Crippen molar-refractivity contribution in [3.05, 3.63) is 17.5 Å². The summed E-state index contributed by atoms with van der Waals surface area (Å²) in [5, 5.41) is 4.28. The van der Waals surface area contributed by atoms with E-state index in [4.69, 9.17) is 10.5 Å². The van der Waals surface area contributed by atoms with E-state index in [2.05, 4.69) is 5.10 Å². The molecule has 0 aliphatic heterocycles. The third kappa shape index (κ3) is 3.15. The highest BCUT2D eigenvalue weighted by atomic mass is 16.5. The van der Waals surface area contributed by atoms with Crippen LogP contribution in [0, 0.1) is 6.92 Å². The topological polar surface area (TPSA) is 70.1 Å². The molecule has 0 saturated heterocycles. The Bertz CT molecular complexity index is 360. The standard InChI is InChI=1S/C11H19N3O2/c1-4-14-9(5-8(2)13-14)6-11(15)10(12)7-16-3/h5,10H,4,6-7,12H2,1-3H3. The second-order valence-electron chi connectivity index (χ2n) is 3.80. The number of hydrogen-bond donors (Lipinski definition) is 1. The molecule has 0 saturated carbocycles. The third-order valence-electron chi connectivity index (χ3n) is 2.40. The van der Waals surface area contributed by atoms with Crippen LogP contribution in [0.5, 0.6) is 0 Å². The number of nitrogens with zero attached hydrogens (tertiary/aromatic N) is 2. The Kier molecular flexibility index (Phi) is 4.64. The molecule has 90 valence electrons. The highest BCUT2D eigenvalue weighted by molar-refractivity contribution is 5.85. The summed E-state index contributed by atoms with van der Waals surface area (Å²) in [7, 11) is 1.54. The van der Waals surface area contributed by atoms with E-state index in [1.807, 2.05) is 24.6 Å². The van der Waals surface area contributed by atoms with Crippen LogP contribution in [0.15, 0.2) is 6.07 Å². The number of ketones is 1. The Labute approximate surface area is 95.6 Å². The zero-order valence-corrected chi connectivity index (χ0v) is 10.1. The van der Waals surface area contributed by atoms with Crippen molar-refractivity contribution in [1.82, 2.24) is 9.78 Å². The average molecular weight is 225 g/mol. The van der Waals surface area contributed by atoms with Gasteiger partial charge in [-0.05, 0) is 19.9 Å². The maximum Gasteiger partial charge on any atom is 0.157 e. The maximum absolute atomic E-state index is 11.7. The van der Waals surface area contributed by atoms with Gasteiger partial charge in [0.2, 0.25) is 0 Å². The third-order valence-corrected chi connectivity index (χ3v) is 2.40. The van der Waals surface area contributed by atoms with E-state index in [1.165, 1.54) is 7.11 Å². The zero-order valence-electron chi connectivity index (χ0n) is 10.1. The van der Waals surface area contributed by atoms with E-state index in [0.29, 0.717) is 6.42 Å². The summed E-state index contributed by atoms with van der Waals surface area (Å²) in [6, 6.07) is 1.37. The summed E-state index contributed by atoms with van der Waals surface area (Å²) in [6.07, 6.45) is 0.319. The summed E-state index contributed by atoms with van der Waals surface area (Å²) >= 11 is 0. The van der Waals surface area contributed by atoms with Gasteiger partial charge in [0.25, 0.3) is 0 Å². The number of hydrogen-bond acceptors (Lipinski definition) is 4. The van der Waals surface area contributed by atoms with Crippen molar-refractivity contribution in [2.24, 2.45) is 5.73 Å². The second kappa shape index (κ2) is 5.77. The Morgan fingerprint density at radius 1 is 1.69 bits per heavy atom. The van der Waals surface area contributed by atoms with Gasteiger partial charge in [-0.1, -0.05) is 0 Å². The molecule has 0 aliphatic rings. The summed E-state index contributed by atoms with van der Waals surface area (Å²) in [5.74, 6) is -0.0172. The average Bonchev–Trinajstić information content (AvgIpc) is 2.59. The molecule has 0 aliphatic carbocycles. The predicted octanol–water partition coefficient (Wildman–Crippen LogP) is 0.297. The molecule has 2 N–H and O–H groups in total. The number of aryl methyl sites for hydroxylation is 2. The van der Waals surface area contributed by atoms with Gasteiger partial charge in [0.05, 0.1) is 24.8 Å². The van der Waals surface area contributed by atoms with Crippen LogP contribution in [0.25, 0.3) is 0 Å². The first kappa shape index (κ1) is 12.9. The lowest BCUT2D eigenvalue weighted by Crippen LogP contribution is -2.36. The fourth-order valence-corrected chi connectivity index (χ4v) is 1.60. The first-order valence-corrected chi connectivity index (χ1v) is 5.39. The quantitative estimate of drug-likeness (QED) is 0.755. The van der Waals surface area contributed by atoms with Gasteiger partial charge in [-0.25, -0.2) is 0 Å². The largest absolute Gasteiger partial charge is 0.383 e. The van der Waals surface area contributed by atoms with Gasteiger partial charge in [-0.3, -0.25) is 9.48 Å². The van der Waals surface area contributed by atoms with Crippen LogP contribution in [-0.4, -0.2) is 35.3 Å². The molecule has 0 fully saturated rings. The fraction of sp³-hybridized carbons (Fsp3) is 0.636. The molecule has 16 heavy (non-hydrogen) atoms. The van der Waals surface area contributed by atoms with Gasteiger partial charge in [0, 0.05) is 19.3 Å². The minimum Gasteiger partial charge on any atom is -0.383 e. The summed E-state index contributed by atoms with van der Waals surface area (Å²) in [6.45, 7) is 4.93. The summed E-state index contributed by atoms with van der Waals surface area (Å²) < 4.78 is 6.68. The lowest BCUT2D eigenvalue weighted by Gasteiger charge is -2.09. The number of Topliss-reactive ketones (excluding diaryl/α,β-unsaturated/α-hetero) is 1. The van der Waals surface area contributed by atoms with Gasteiger partial charge >= 0.3 is 0 Å². The molecule has 0 spiro atoms. The van der Waals surface area contributed by atoms with Crippen LogP contribution in [0.3, 0.4) is 0 Å². The molecule has 0 bridgehead atoms. The normalized spacial score (nSPS) is 12.8. The Balaban J connectivity index is 2.68. The number of carbonyl (C=O) groups is 1. The molecule has 1 heterocycles. The van der Waals surface area contributed by atoms with Gasteiger partial charge in [-0.2, -0.15) is 5.10 Å². The minimum absolute atomic E-state index is 0.0172. The predicted molar refractivity (Wildman–Crippen MR) is 61.2 cm³/mol. The lowest BCUT2D eigenvalue weighted by molar-refractivity contribution is -0.120. The van der Waals surface area contributed by atoms with Crippen LogP contribution in [0.2, 0.25) is 0 Å². The van der Waals surface area contributed by atoms with Crippen LogP contribution in [-0.2, 0) is 22.5 Å². The number of nitrogens with two attached hydrogens (primary N) is 1. The molecular formula is C11H19N3O2. The van der Waals surface area contributed by atoms with Gasteiger partial charge < -0.3 is 10.5 Å². The van der Waals surface area contributed by atoms with Crippen molar-refractivity contribution >= 4 is 5.78 Å². The van der Waals surface area contributed by atoms with Crippen LogP contribution < -0.4 is 5.73 Å². The molecule has 1 aromatic rings. The van der Waals surface area contributed by atoms with Gasteiger partial charge in [0.15, 0.2) is 5.78 Å². The van der Waals surface area contributed by atoms with E-state index in [-0.39, 0.29) is 12.4 Å². The number of methoxy groups -OCH3 is 1. The lowest BCUT2D eigenvalue weighted by atomic mass is 10.1. The highest BCUT2D eigenvalue weighted by Gasteiger charge is 2.16. The molecule has 0 amide bonds. The SMILES string of the molecule is CCn1nc(C)cc1CC(=O)C(N)COC. The Morgan fingerprint density at radius 2 is 2.38 bits per heavy atom. The monoisotopic (exact) mass is 225 g/mol. The molecule has 1 atom stereocenters. The number of aromatic nitrogens is 2. The van der Waals surface area contributed by atoms with E-state index in [0.717, 1.165) is 17.9 Å². The summed E-state index contributed by atoms with van der Waals surface area (Å²) in [5.41, 5.74) is 7.50. The molecular weight excluding hydrogens is 206 g/mol. The molecule has 1 unspecified atom stereocenters. The summed E-state index contributed by atoms with van der Waals surface area (Å²) in [4.78, 5) is 11.7. The molecule has 0 aromatic carbocycles. The number of ether oxygens (including phenoxy) is 1. The van der Waals surface area contributed by atoms with E-state index >= 15 is 0 Å². The van der Waals surface area contributed by atoms with E-state index in [9.17, 15) is 4.79 Å². The van der Waals surface area contributed by atoms with Crippen molar-refractivity contribution in [3.63, 3.8) is 0 Å².